The summed E-state index contributed by atoms with van der Waals surface area (Å²) in [7, 11) is 0. The molecule has 0 unspecified atom stereocenters. The fraction of sp³-hybridized carbons (Fsp3) is 0.400. The lowest BCUT2D eigenvalue weighted by Crippen LogP contribution is -1.95. The third-order valence-electron chi connectivity index (χ3n) is 1.70. The van der Waals surface area contributed by atoms with E-state index in [1.165, 1.54) is 0 Å². The molecule has 0 saturated carbocycles. The molecule has 3 heteroatoms. The predicted octanol–water partition coefficient (Wildman–Crippen LogP) is 4.85. The number of hydrogen-bond donors (Lipinski definition) is 0. The molecule has 0 spiro atoms. The van der Waals surface area contributed by atoms with Crippen molar-refractivity contribution < 1.29 is 0 Å². The fourth-order valence-electron chi connectivity index (χ4n) is 1.20. The summed E-state index contributed by atoms with van der Waals surface area (Å²) in [6.45, 7) is 4.26. The Balaban J connectivity index is 3.05. The molecule has 0 bridgehead atoms. The Bertz CT molecular complexity index is 305. The van der Waals surface area contributed by atoms with Crippen LogP contribution in [0, 0.1) is 5.92 Å². The van der Waals surface area contributed by atoms with E-state index in [0.717, 1.165) is 12.0 Å². The standard InChI is InChI=1S/C10H11Cl3/c1-6(2)3-7-4-8(11)5-9(12)10(7)13/h4-6H,3H2,1-2H3. The molecule has 1 rings (SSSR count). The minimum Gasteiger partial charge on any atom is -0.0843 e. The topological polar surface area (TPSA) is 0 Å². The van der Waals surface area contributed by atoms with Crippen LogP contribution in [-0.2, 0) is 6.42 Å². The van der Waals surface area contributed by atoms with Gasteiger partial charge >= 0.3 is 0 Å². The maximum Gasteiger partial charge on any atom is 0.0625 e. The molecule has 0 amide bonds. The molecule has 0 aromatic heterocycles. The van der Waals surface area contributed by atoms with Gasteiger partial charge in [-0.2, -0.15) is 0 Å². The van der Waals surface area contributed by atoms with E-state index in [-0.39, 0.29) is 0 Å². The number of hydrogen-bond acceptors (Lipinski definition) is 0. The van der Waals surface area contributed by atoms with Crippen molar-refractivity contribution in [2.75, 3.05) is 0 Å². The second kappa shape index (κ2) is 4.54. The summed E-state index contributed by atoms with van der Waals surface area (Å²) in [6.07, 6.45) is 0.902. The molecule has 1 aromatic carbocycles. The van der Waals surface area contributed by atoms with Crippen LogP contribution in [0.15, 0.2) is 12.1 Å². The van der Waals surface area contributed by atoms with Crippen LogP contribution >= 0.6 is 34.8 Å². The van der Waals surface area contributed by atoms with E-state index in [1.54, 1.807) is 6.07 Å². The molecule has 0 aliphatic rings. The summed E-state index contributed by atoms with van der Waals surface area (Å²) in [4.78, 5) is 0. The summed E-state index contributed by atoms with van der Waals surface area (Å²) in [5.41, 5.74) is 1.02. The van der Waals surface area contributed by atoms with Crippen LogP contribution in [-0.4, -0.2) is 0 Å². The summed E-state index contributed by atoms with van der Waals surface area (Å²) < 4.78 is 0. The van der Waals surface area contributed by atoms with E-state index in [9.17, 15) is 0 Å². The van der Waals surface area contributed by atoms with Crippen molar-refractivity contribution in [1.29, 1.82) is 0 Å². The van der Waals surface area contributed by atoms with Crippen molar-refractivity contribution in [3.05, 3.63) is 32.8 Å². The van der Waals surface area contributed by atoms with Crippen molar-refractivity contribution in [3.8, 4) is 0 Å². The van der Waals surface area contributed by atoms with Crippen molar-refractivity contribution >= 4 is 34.8 Å². The molecule has 0 aliphatic carbocycles. The van der Waals surface area contributed by atoms with Crippen molar-refractivity contribution in [2.24, 2.45) is 5.92 Å². The molecule has 0 saturated heterocycles. The molecule has 72 valence electrons. The second-order valence-corrected chi connectivity index (χ2v) is 4.68. The molecule has 0 radical (unpaired) electrons. The molecule has 13 heavy (non-hydrogen) atoms. The first-order valence-corrected chi connectivity index (χ1v) is 5.27. The monoisotopic (exact) mass is 236 g/mol. The average molecular weight is 238 g/mol. The van der Waals surface area contributed by atoms with Crippen LogP contribution in [0.1, 0.15) is 19.4 Å². The lowest BCUT2D eigenvalue weighted by Gasteiger charge is -2.08. The van der Waals surface area contributed by atoms with Gasteiger partial charge in [0.15, 0.2) is 0 Å². The molecule has 1 aromatic rings. The van der Waals surface area contributed by atoms with Gasteiger partial charge in [0, 0.05) is 5.02 Å². The smallest absolute Gasteiger partial charge is 0.0625 e. The Kier molecular flexibility index (Phi) is 3.90. The molecule has 0 aliphatic heterocycles. The summed E-state index contributed by atoms with van der Waals surface area (Å²) >= 11 is 17.8. The Morgan fingerprint density at radius 2 is 1.77 bits per heavy atom. The average Bonchev–Trinajstić information content (AvgIpc) is 1.98. The zero-order valence-corrected chi connectivity index (χ0v) is 9.84. The number of benzene rings is 1. The van der Waals surface area contributed by atoms with Gasteiger partial charge in [0.2, 0.25) is 0 Å². The molecule has 0 N–H and O–H groups in total. The Labute approximate surface area is 93.8 Å². The molecular weight excluding hydrogens is 226 g/mol. The highest BCUT2D eigenvalue weighted by molar-refractivity contribution is 6.43. The van der Waals surface area contributed by atoms with E-state index in [4.69, 9.17) is 34.8 Å². The van der Waals surface area contributed by atoms with Gasteiger partial charge in [0.25, 0.3) is 0 Å². The van der Waals surface area contributed by atoms with Crippen molar-refractivity contribution in [3.63, 3.8) is 0 Å². The van der Waals surface area contributed by atoms with Gasteiger partial charge in [-0.3, -0.25) is 0 Å². The van der Waals surface area contributed by atoms with Crippen LogP contribution in [0.4, 0.5) is 0 Å². The molecule has 0 nitrogen and oxygen atoms in total. The van der Waals surface area contributed by atoms with Gasteiger partial charge in [0.1, 0.15) is 0 Å². The van der Waals surface area contributed by atoms with Gasteiger partial charge in [0.05, 0.1) is 10.0 Å². The maximum atomic E-state index is 6.02. The van der Waals surface area contributed by atoms with Gasteiger partial charge in [-0.05, 0) is 30.0 Å². The van der Waals surface area contributed by atoms with Crippen LogP contribution in [0.25, 0.3) is 0 Å². The summed E-state index contributed by atoms with van der Waals surface area (Å²) in [5, 5.41) is 1.80. The Morgan fingerprint density at radius 3 is 2.31 bits per heavy atom. The third kappa shape index (κ3) is 3.05. The van der Waals surface area contributed by atoms with Gasteiger partial charge < -0.3 is 0 Å². The number of halogens is 3. The Hall–Kier alpha value is 0.0900. The highest BCUT2D eigenvalue weighted by Gasteiger charge is 2.08. The first kappa shape index (κ1) is 11.2. The Morgan fingerprint density at radius 1 is 1.15 bits per heavy atom. The first-order valence-electron chi connectivity index (χ1n) is 4.14. The molecule has 0 heterocycles. The van der Waals surface area contributed by atoms with Gasteiger partial charge in [-0.1, -0.05) is 48.7 Å². The lowest BCUT2D eigenvalue weighted by molar-refractivity contribution is 0.647. The number of rotatable bonds is 2. The van der Waals surface area contributed by atoms with E-state index in [2.05, 4.69) is 13.8 Å². The van der Waals surface area contributed by atoms with E-state index in [1.807, 2.05) is 6.07 Å². The summed E-state index contributed by atoms with van der Waals surface area (Å²) in [6, 6.07) is 3.53. The fourth-order valence-corrected chi connectivity index (χ4v) is 1.92. The van der Waals surface area contributed by atoms with Crippen LogP contribution in [0.5, 0.6) is 0 Å². The minimum atomic E-state index is 0.532. The highest BCUT2D eigenvalue weighted by Crippen LogP contribution is 2.31. The van der Waals surface area contributed by atoms with Gasteiger partial charge in [-0.15, -0.1) is 0 Å². The van der Waals surface area contributed by atoms with Gasteiger partial charge in [-0.25, -0.2) is 0 Å². The van der Waals surface area contributed by atoms with Crippen LogP contribution in [0.3, 0.4) is 0 Å². The van der Waals surface area contributed by atoms with Crippen LogP contribution < -0.4 is 0 Å². The quantitative estimate of drug-likeness (QED) is 0.645. The van der Waals surface area contributed by atoms with E-state index < -0.39 is 0 Å². The molecular formula is C10H11Cl3. The van der Waals surface area contributed by atoms with Crippen molar-refractivity contribution in [1.82, 2.24) is 0 Å². The van der Waals surface area contributed by atoms with Crippen LogP contribution in [0.2, 0.25) is 15.1 Å². The zero-order valence-electron chi connectivity index (χ0n) is 7.57. The molecule has 0 fully saturated rings. The maximum absolute atomic E-state index is 6.02. The van der Waals surface area contributed by atoms with E-state index >= 15 is 0 Å². The lowest BCUT2D eigenvalue weighted by atomic mass is 10.0. The second-order valence-electron chi connectivity index (χ2n) is 3.46. The largest absolute Gasteiger partial charge is 0.0843 e. The highest BCUT2D eigenvalue weighted by atomic mass is 35.5. The minimum absolute atomic E-state index is 0.532. The van der Waals surface area contributed by atoms with Crippen molar-refractivity contribution in [2.45, 2.75) is 20.3 Å². The molecule has 0 atom stereocenters. The van der Waals surface area contributed by atoms with E-state index in [0.29, 0.717) is 21.0 Å². The third-order valence-corrected chi connectivity index (χ3v) is 2.76. The SMILES string of the molecule is CC(C)Cc1cc(Cl)cc(Cl)c1Cl. The normalized spacial score (nSPS) is 10.9. The predicted molar refractivity (Wildman–Crippen MR) is 60.0 cm³/mol. The first-order chi connectivity index (χ1) is 6.00. The zero-order chi connectivity index (χ0) is 10.0. The summed E-state index contributed by atoms with van der Waals surface area (Å²) in [5.74, 6) is 0.548.